The van der Waals surface area contributed by atoms with Gasteiger partial charge < -0.3 is 21.1 Å². The molecule has 1 aromatic rings. The van der Waals surface area contributed by atoms with Gasteiger partial charge in [0.1, 0.15) is 5.84 Å². The molecule has 1 aromatic carbocycles. The average Bonchev–Trinajstić information content (AvgIpc) is 2.29. The Hall–Kier alpha value is -1.59. The molecule has 5 nitrogen and oxygen atoms in total. The smallest absolute Gasteiger partial charge is 0.122 e. The zero-order chi connectivity index (χ0) is 12.8. The minimum atomic E-state index is -0.405. The highest BCUT2D eigenvalue weighted by Gasteiger charge is 2.08. The molecule has 0 aliphatic rings. The Morgan fingerprint density at radius 1 is 1.47 bits per heavy atom. The minimum Gasteiger partial charge on any atom is -0.390 e. The lowest BCUT2D eigenvalue weighted by Crippen LogP contribution is -2.35. The minimum absolute atomic E-state index is 0.0643. The average molecular weight is 236 g/mol. The molecule has 0 aliphatic heterocycles. The van der Waals surface area contributed by atoms with E-state index in [4.69, 9.17) is 11.1 Å². The summed E-state index contributed by atoms with van der Waals surface area (Å²) in [5.41, 5.74) is 7.08. The lowest BCUT2D eigenvalue weighted by molar-refractivity contribution is 0.181. The molecule has 0 heterocycles. The van der Waals surface area contributed by atoms with Gasteiger partial charge in [0.05, 0.1) is 6.10 Å². The summed E-state index contributed by atoms with van der Waals surface area (Å²) < 4.78 is 0. The standard InChI is InChI=1S/C12H20N4O/c1-15-7-11(17)8-16(2)10-5-3-9(4-6-10)12(13)14/h3-6,11,15,17H,7-8H2,1-2H3,(H3,13,14). The second-order valence-electron chi connectivity index (χ2n) is 4.05. The first-order valence-electron chi connectivity index (χ1n) is 5.53. The van der Waals surface area contributed by atoms with Gasteiger partial charge in [-0.05, 0) is 31.3 Å². The molecule has 5 heteroatoms. The number of aliphatic hydroxyl groups is 1. The number of hydrogen-bond donors (Lipinski definition) is 4. The summed E-state index contributed by atoms with van der Waals surface area (Å²) in [6, 6.07) is 7.39. The third-order valence-corrected chi connectivity index (χ3v) is 2.54. The Labute approximate surface area is 102 Å². The van der Waals surface area contributed by atoms with Crippen LogP contribution in [0.15, 0.2) is 24.3 Å². The second kappa shape index (κ2) is 6.22. The van der Waals surface area contributed by atoms with Gasteiger partial charge in [-0.1, -0.05) is 0 Å². The van der Waals surface area contributed by atoms with Crippen LogP contribution in [-0.2, 0) is 0 Å². The van der Waals surface area contributed by atoms with E-state index in [-0.39, 0.29) is 5.84 Å². The van der Waals surface area contributed by atoms with Crippen molar-refractivity contribution in [3.05, 3.63) is 29.8 Å². The van der Waals surface area contributed by atoms with Crippen LogP contribution in [0.5, 0.6) is 0 Å². The SMILES string of the molecule is CNCC(O)CN(C)c1ccc(C(=N)N)cc1. The van der Waals surface area contributed by atoms with Crippen LogP contribution in [0.1, 0.15) is 5.56 Å². The molecule has 0 saturated heterocycles. The molecule has 0 radical (unpaired) electrons. The monoisotopic (exact) mass is 236 g/mol. The summed E-state index contributed by atoms with van der Waals surface area (Å²) in [4.78, 5) is 1.96. The molecule has 0 bridgehead atoms. The molecule has 0 saturated carbocycles. The Balaban J connectivity index is 2.63. The maximum Gasteiger partial charge on any atom is 0.122 e. The summed E-state index contributed by atoms with van der Waals surface area (Å²) in [6.45, 7) is 1.12. The highest BCUT2D eigenvalue weighted by molar-refractivity contribution is 5.95. The molecular weight excluding hydrogens is 216 g/mol. The number of anilines is 1. The van der Waals surface area contributed by atoms with Crippen molar-refractivity contribution in [3.63, 3.8) is 0 Å². The summed E-state index contributed by atoms with van der Waals surface area (Å²) in [6.07, 6.45) is -0.405. The highest BCUT2D eigenvalue weighted by Crippen LogP contribution is 2.13. The summed E-state index contributed by atoms with van der Waals surface area (Å²) >= 11 is 0. The Morgan fingerprint density at radius 3 is 2.53 bits per heavy atom. The van der Waals surface area contributed by atoms with E-state index < -0.39 is 6.10 Å². The maximum absolute atomic E-state index is 9.67. The largest absolute Gasteiger partial charge is 0.390 e. The normalized spacial score (nSPS) is 12.2. The van der Waals surface area contributed by atoms with Crippen molar-refractivity contribution in [2.45, 2.75) is 6.10 Å². The first-order chi connectivity index (χ1) is 8.04. The number of aliphatic hydroxyl groups excluding tert-OH is 1. The number of nitrogen functional groups attached to an aromatic ring is 1. The van der Waals surface area contributed by atoms with Crippen LogP contribution in [0, 0.1) is 5.41 Å². The quantitative estimate of drug-likeness (QED) is 0.413. The van der Waals surface area contributed by atoms with Gasteiger partial charge in [-0.15, -0.1) is 0 Å². The fourth-order valence-electron chi connectivity index (χ4n) is 1.62. The number of rotatable bonds is 6. The van der Waals surface area contributed by atoms with E-state index >= 15 is 0 Å². The van der Waals surface area contributed by atoms with E-state index in [1.165, 1.54) is 0 Å². The van der Waals surface area contributed by atoms with Crippen molar-refractivity contribution in [2.24, 2.45) is 5.73 Å². The van der Waals surface area contributed by atoms with E-state index in [9.17, 15) is 5.11 Å². The van der Waals surface area contributed by atoms with Gasteiger partial charge in [0, 0.05) is 31.4 Å². The first-order valence-corrected chi connectivity index (χ1v) is 5.53. The van der Waals surface area contributed by atoms with Crippen molar-refractivity contribution in [3.8, 4) is 0 Å². The molecule has 1 rings (SSSR count). The topological polar surface area (TPSA) is 85.4 Å². The first kappa shape index (κ1) is 13.5. The zero-order valence-electron chi connectivity index (χ0n) is 10.3. The number of likely N-dealkylation sites (N-methyl/N-ethyl adjacent to an activating group) is 2. The van der Waals surface area contributed by atoms with Crippen molar-refractivity contribution < 1.29 is 5.11 Å². The van der Waals surface area contributed by atoms with E-state index in [0.717, 1.165) is 5.69 Å². The molecular formula is C12H20N4O. The molecule has 0 amide bonds. The van der Waals surface area contributed by atoms with Gasteiger partial charge in [-0.25, -0.2) is 0 Å². The van der Waals surface area contributed by atoms with Gasteiger partial charge in [-0.2, -0.15) is 0 Å². The third kappa shape index (κ3) is 4.05. The van der Waals surface area contributed by atoms with Crippen molar-refractivity contribution in [2.75, 3.05) is 32.1 Å². The number of nitrogens with zero attached hydrogens (tertiary/aromatic N) is 1. The summed E-state index contributed by atoms with van der Waals surface area (Å²) in [5.74, 6) is 0.0643. The van der Waals surface area contributed by atoms with Crippen LogP contribution < -0.4 is 16.0 Å². The molecule has 0 spiro atoms. The number of hydrogen-bond acceptors (Lipinski definition) is 4. The molecule has 0 fully saturated rings. The van der Waals surface area contributed by atoms with E-state index in [1.807, 2.05) is 31.1 Å². The number of nitrogens with two attached hydrogens (primary N) is 1. The predicted molar refractivity (Wildman–Crippen MR) is 70.7 cm³/mol. The highest BCUT2D eigenvalue weighted by atomic mass is 16.3. The van der Waals surface area contributed by atoms with Gasteiger partial charge >= 0.3 is 0 Å². The second-order valence-corrected chi connectivity index (χ2v) is 4.05. The van der Waals surface area contributed by atoms with Crippen LogP contribution in [0.25, 0.3) is 0 Å². The van der Waals surface area contributed by atoms with Crippen molar-refractivity contribution in [1.29, 1.82) is 5.41 Å². The summed E-state index contributed by atoms with van der Waals surface area (Å²) in [7, 11) is 3.73. The maximum atomic E-state index is 9.67. The molecule has 17 heavy (non-hydrogen) atoms. The predicted octanol–water partition coefficient (Wildman–Crippen LogP) is -0.0128. The van der Waals surface area contributed by atoms with Gasteiger partial charge in [0.15, 0.2) is 0 Å². The summed E-state index contributed by atoms with van der Waals surface area (Å²) in [5, 5.41) is 19.9. The fourth-order valence-corrected chi connectivity index (χ4v) is 1.62. The van der Waals surface area contributed by atoms with Gasteiger partial charge in [-0.3, -0.25) is 5.41 Å². The third-order valence-electron chi connectivity index (χ3n) is 2.54. The lowest BCUT2D eigenvalue weighted by atomic mass is 10.2. The Morgan fingerprint density at radius 2 is 2.06 bits per heavy atom. The van der Waals surface area contributed by atoms with Gasteiger partial charge in [0.25, 0.3) is 0 Å². The number of benzene rings is 1. The lowest BCUT2D eigenvalue weighted by Gasteiger charge is -2.22. The molecule has 0 aromatic heterocycles. The van der Waals surface area contributed by atoms with Crippen LogP contribution in [0.3, 0.4) is 0 Å². The van der Waals surface area contributed by atoms with Crippen molar-refractivity contribution >= 4 is 11.5 Å². The molecule has 1 unspecified atom stereocenters. The number of nitrogens with one attached hydrogen (secondary N) is 2. The molecule has 0 aliphatic carbocycles. The fraction of sp³-hybridized carbons (Fsp3) is 0.417. The van der Waals surface area contributed by atoms with Gasteiger partial charge in [0.2, 0.25) is 0 Å². The van der Waals surface area contributed by atoms with Crippen LogP contribution in [0.2, 0.25) is 0 Å². The number of amidine groups is 1. The van der Waals surface area contributed by atoms with Crippen LogP contribution in [0.4, 0.5) is 5.69 Å². The Kier molecular flexibility index (Phi) is 4.93. The van der Waals surface area contributed by atoms with Crippen molar-refractivity contribution in [1.82, 2.24) is 5.32 Å². The van der Waals surface area contributed by atoms with E-state index in [2.05, 4.69) is 5.32 Å². The van der Waals surface area contributed by atoms with E-state index in [1.54, 1.807) is 12.1 Å². The molecule has 94 valence electrons. The Bertz CT molecular complexity index is 363. The molecule has 5 N–H and O–H groups in total. The van der Waals surface area contributed by atoms with Crippen LogP contribution in [-0.4, -0.2) is 44.2 Å². The molecule has 1 atom stereocenters. The van der Waals surface area contributed by atoms with E-state index in [0.29, 0.717) is 18.7 Å². The zero-order valence-corrected chi connectivity index (χ0v) is 10.3. The van der Waals surface area contributed by atoms with Crippen LogP contribution >= 0.6 is 0 Å².